The van der Waals surface area contributed by atoms with Crippen molar-refractivity contribution in [1.82, 2.24) is 0 Å². The van der Waals surface area contributed by atoms with Crippen molar-refractivity contribution in [3.8, 4) is 0 Å². The number of allylic oxidation sites excluding steroid dienone is 1. The zero-order valence-corrected chi connectivity index (χ0v) is 6.76. The van der Waals surface area contributed by atoms with Crippen LogP contribution in [0.1, 0.15) is 13.3 Å². The molecule has 0 aliphatic rings. The van der Waals surface area contributed by atoms with Crippen molar-refractivity contribution in [1.29, 1.82) is 0 Å². The molecular weight excluding hydrogens is 168 g/mol. The summed E-state index contributed by atoms with van der Waals surface area (Å²) < 4.78 is 19.8. The van der Waals surface area contributed by atoms with Gasteiger partial charge >= 0.3 is 5.97 Å². The summed E-state index contributed by atoms with van der Waals surface area (Å²) in [4.78, 5) is 10.1. The van der Waals surface area contributed by atoms with Gasteiger partial charge in [0.2, 0.25) is 10.3 Å². The number of carbonyl (C=O) groups is 1. The highest BCUT2D eigenvalue weighted by Crippen LogP contribution is 1.92. The van der Waals surface area contributed by atoms with E-state index in [0.29, 0.717) is 0 Å². The maximum atomic E-state index is 10.1. The molecule has 4 nitrogen and oxygen atoms in total. The Labute approximate surface area is 65.7 Å². The molecule has 0 amide bonds. The number of hydrogen-bond donors (Lipinski definition) is 1. The van der Waals surface area contributed by atoms with Gasteiger partial charge in [-0.2, -0.15) is 8.42 Å². The number of carboxylic acid groups (broad SMARTS) is 1. The van der Waals surface area contributed by atoms with Gasteiger partial charge in [0.05, 0.1) is 0 Å². The Balaban J connectivity index is 4.15. The van der Waals surface area contributed by atoms with Crippen LogP contribution in [0.15, 0.2) is 11.6 Å². The van der Waals surface area contributed by atoms with E-state index in [1.165, 1.54) is 13.0 Å². The monoisotopic (exact) mass is 176 g/mol. The maximum absolute atomic E-state index is 10.1. The van der Waals surface area contributed by atoms with E-state index in [1.807, 2.05) is 0 Å². The average molecular weight is 176 g/mol. The molecule has 0 saturated heterocycles. The molecule has 11 heavy (non-hydrogen) atoms. The van der Waals surface area contributed by atoms with Crippen molar-refractivity contribution in [2.45, 2.75) is 13.3 Å². The Morgan fingerprint density at radius 1 is 1.55 bits per heavy atom. The van der Waals surface area contributed by atoms with E-state index in [0.717, 1.165) is 5.37 Å². The second-order valence-electron chi connectivity index (χ2n) is 1.86. The summed E-state index contributed by atoms with van der Waals surface area (Å²) in [5.74, 6) is -1.03. The van der Waals surface area contributed by atoms with E-state index in [2.05, 4.69) is 0 Å². The lowest BCUT2D eigenvalue weighted by atomic mass is 10.2. The molecule has 0 fully saturated rings. The van der Waals surface area contributed by atoms with Crippen LogP contribution in [-0.4, -0.2) is 24.9 Å². The lowest BCUT2D eigenvalue weighted by Crippen LogP contribution is -1.95. The summed E-state index contributed by atoms with van der Waals surface area (Å²) >= 11 is 0. The molecule has 0 atom stereocenters. The second-order valence-corrected chi connectivity index (χ2v) is 2.71. The van der Waals surface area contributed by atoms with Crippen molar-refractivity contribution < 1.29 is 18.3 Å². The SMILES string of the molecule is CC(=CCC=S(=O)=O)C(=O)O. The zero-order valence-electron chi connectivity index (χ0n) is 5.94. The first-order chi connectivity index (χ1) is 5.04. The van der Waals surface area contributed by atoms with Crippen LogP contribution in [0.4, 0.5) is 0 Å². The summed E-state index contributed by atoms with van der Waals surface area (Å²) in [6.07, 6.45) is 1.46. The molecule has 0 saturated carbocycles. The predicted octanol–water partition coefficient (Wildman–Crippen LogP) is 0.0887. The molecule has 1 N–H and O–H groups in total. The van der Waals surface area contributed by atoms with E-state index in [4.69, 9.17) is 5.11 Å². The molecule has 0 unspecified atom stereocenters. The minimum Gasteiger partial charge on any atom is -0.478 e. The minimum absolute atomic E-state index is 0.133. The van der Waals surface area contributed by atoms with Crippen molar-refractivity contribution in [2.24, 2.45) is 0 Å². The summed E-state index contributed by atoms with van der Waals surface area (Å²) in [5, 5.41) is 9.30. The van der Waals surface area contributed by atoms with Crippen molar-refractivity contribution >= 4 is 21.6 Å². The maximum Gasteiger partial charge on any atom is 0.330 e. The highest BCUT2D eigenvalue weighted by atomic mass is 32.2. The molecule has 0 bridgehead atoms. The van der Waals surface area contributed by atoms with Crippen molar-refractivity contribution in [3.63, 3.8) is 0 Å². The summed E-state index contributed by atoms with van der Waals surface area (Å²) in [5.41, 5.74) is 0.145. The summed E-state index contributed by atoms with van der Waals surface area (Å²) in [7, 11) is -2.21. The van der Waals surface area contributed by atoms with Crippen LogP contribution < -0.4 is 0 Å². The number of hydrogen-bond acceptors (Lipinski definition) is 3. The Kier molecular flexibility index (Phi) is 4.21. The van der Waals surface area contributed by atoms with Crippen LogP contribution >= 0.6 is 0 Å². The van der Waals surface area contributed by atoms with E-state index in [1.54, 1.807) is 0 Å². The van der Waals surface area contributed by atoms with Crippen LogP contribution in [0, 0.1) is 0 Å². The fourth-order valence-electron chi connectivity index (χ4n) is 0.391. The number of carboxylic acids is 1. The molecule has 0 heterocycles. The number of rotatable bonds is 3. The molecule has 5 heteroatoms. The van der Waals surface area contributed by atoms with Gasteiger partial charge < -0.3 is 5.11 Å². The lowest BCUT2D eigenvalue weighted by Gasteiger charge is -1.87. The van der Waals surface area contributed by atoms with Gasteiger partial charge in [0.15, 0.2) is 0 Å². The number of aliphatic carboxylic acids is 1. The van der Waals surface area contributed by atoms with E-state index >= 15 is 0 Å². The molecule has 0 aromatic rings. The standard InChI is InChI=1S/C6H8O4S/c1-5(6(7)8)3-2-4-11(9)10/h3-4H,2H2,1H3,(H,7,8). The first-order valence-electron chi connectivity index (χ1n) is 2.85. The van der Waals surface area contributed by atoms with Crippen molar-refractivity contribution in [2.75, 3.05) is 0 Å². The molecule has 0 aliphatic carbocycles. The van der Waals surface area contributed by atoms with Gasteiger partial charge in [-0.1, -0.05) is 6.08 Å². The van der Waals surface area contributed by atoms with Gasteiger partial charge in [-0.05, 0) is 13.3 Å². The van der Waals surface area contributed by atoms with Crippen LogP contribution in [0.5, 0.6) is 0 Å². The van der Waals surface area contributed by atoms with Gasteiger partial charge in [-0.15, -0.1) is 0 Å². The van der Waals surface area contributed by atoms with E-state index in [-0.39, 0.29) is 12.0 Å². The first-order valence-corrected chi connectivity index (χ1v) is 3.99. The van der Waals surface area contributed by atoms with Gasteiger partial charge in [-0.25, -0.2) is 4.79 Å². The van der Waals surface area contributed by atoms with Crippen LogP contribution in [0.3, 0.4) is 0 Å². The topological polar surface area (TPSA) is 71.4 Å². The van der Waals surface area contributed by atoms with Gasteiger partial charge in [0.1, 0.15) is 0 Å². The van der Waals surface area contributed by atoms with Crippen molar-refractivity contribution in [3.05, 3.63) is 11.6 Å². The largest absolute Gasteiger partial charge is 0.478 e. The smallest absolute Gasteiger partial charge is 0.330 e. The highest BCUT2D eigenvalue weighted by molar-refractivity contribution is 7.71. The third-order valence-electron chi connectivity index (χ3n) is 0.994. The molecule has 0 radical (unpaired) electrons. The minimum atomic E-state index is -2.21. The summed E-state index contributed by atoms with van der Waals surface area (Å²) in [6.45, 7) is 1.41. The lowest BCUT2D eigenvalue weighted by molar-refractivity contribution is -0.132. The molecule has 0 aromatic heterocycles. The molecule has 0 aromatic carbocycles. The van der Waals surface area contributed by atoms with Gasteiger partial charge in [0, 0.05) is 10.9 Å². The summed E-state index contributed by atoms with van der Waals surface area (Å²) in [6, 6.07) is 0. The molecule has 0 spiro atoms. The third-order valence-corrected chi connectivity index (χ3v) is 1.46. The fraction of sp³-hybridized carbons (Fsp3) is 0.333. The average Bonchev–Trinajstić information content (AvgIpc) is 1.86. The van der Waals surface area contributed by atoms with Gasteiger partial charge in [0.25, 0.3) is 0 Å². The van der Waals surface area contributed by atoms with Crippen LogP contribution in [0.2, 0.25) is 0 Å². The fourth-order valence-corrected chi connectivity index (χ4v) is 0.644. The molecular formula is C6H8O4S. The Hall–Kier alpha value is -1.10. The molecule has 62 valence electrons. The molecule has 0 aliphatic heterocycles. The second kappa shape index (κ2) is 4.68. The first kappa shape index (κ1) is 9.90. The zero-order chi connectivity index (χ0) is 8.85. The van der Waals surface area contributed by atoms with E-state index in [9.17, 15) is 13.2 Å². The third kappa shape index (κ3) is 5.35. The molecule has 0 rings (SSSR count). The quantitative estimate of drug-likeness (QED) is 0.488. The van der Waals surface area contributed by atoms with Crippen LogP contribution in [0.25, 0.3) is 0 Å². The van der Waals surface area contributed by atoms with Crippen LogP contribution in [-0.2, 0) is 15.1 Å². The Bertz CT molecular complexity index is 289. The van der Waals surface area contributed by atoms with E-state index < -0.39 is 16.3 Å². The van der Waals surface area contributed by atoms with Gasteiger partial charge in [-0.3, -0.25) is 0 Å². The highest BCUT2D eigenvalue weighted by Gasteiger charge is 1.96. The Morgan fingerprint density at radius 2 is 2.09 bits per heavy atom. The normalized spacial score (nSPS) is 10.8. The Morgan fingerprint density at radius 3 is 2.45 bits per heavy atom. The predicted molar refractivity (Wildman–Crippen MR) is 41.0 cm³/mol.